The van der Waals surface area contributed by atoms with E-state index in [0.717, 1.165) is 30.3 Å². The van der Waals surface area contributed by atoms with Crippen molar-refractivity contribution < 1.29 is 0 Å². The number of rotatable bonds is 8. The number of hydrogen-bond donors (Lipinski definition) is 1. The quantitative estimate of drug-likeness (QED) is 0.492. The molecule has 0 amide bonds. The molecule has 98 valence electrons. The summed E-state index contributed by atoms with van der Waals surface area (Å²) in [4.78, 5) is 0. The van der Waals surface area contributed by atoms with Crippen LogP contribution in [0, 0.1) is 17.8 Å². The SMILES string of the molecule is C=CCCCC(CC1CC2CCC1C2)NCC. The highest BCUT2D eigenvalue weighted by Crippen LogP contribution is 2.50. The van der Waals surface area contributed by atoms with Crippen LogP contribution in [-0.4, -0.2) is 12.6 Å². The van der Waals surface area contributed by atoms with Gasteiger partial charge in [0, 0.05) is 6.04 Å². The summed E-state index contributed by atoms with van der Waals surface area (Å²) in [5, 5.41) is 3.69. The summed E-state index contributed by atoms with van der Waals surface area (Å²) < 4.78 is 0. The Morgan fingerprint density at radius 1 is 1.35 bits per heavy atom. The maximum Gasteiger partial charge on any atom is 0.00697 e. The van der Waals surface area contributed by atoms with E-state index < -0.39 is 0 Å². The van der Waals surface area contributed by atoms with Crippen LogP contribution in [0.25, 0.3) is 0 Å². The minimum absolute atomic E-state index is 0.768. The van der Waals surface area contributed by atoms with Gasteiger partial charge < -0.3 is 5.32 Å². The summed E-state index contributed by atoms with van der Waals surface area (Å²) in [5.41, 5.74) is 0. The second kappa shape index (κ2) is 6.58. The second-order valence-corrected chi connectivity index (χ2v) is 6.14. The smallest absolute Gasteiger partial charge is 0.00697 e. The zero-order valence-electron chi connectivity index (χ0n) is 11.5. The van der Waals surface area contributed by atoms with E-state index in [4.69, 9.17) is 0 Å². The van der Waals surface area contributed by atoms with Gasteiger partial charge in [-0.3, -0.25) is 0 Å². The van der Waals surface area contributed by atoms with Gasteiger partial charge in [0.15, 0.2) is 0 Å². The molecule has 2 aliphatic carbocycles. The third kappa shape index (κ3) is 3.58. The number of fused-ring (bicyclic) bond motifs is 2. The van der Waals surface area contributed by atoms with Gasteiger partial charge in [-0.1, -0.05) is 19.4 Å². The Morgan fingerprint density at radius 3 is 2.82 bits per heavy atom. The number of unbranched alkanes of at least 4 members (excludes halogenated alkanes) is 1. The Hall–Kier alpha value is -0.300. The Balaban J connectivity index is 1.74. The fourth-order valence-corrected chi connectivity index (χ4v) is 4.13. The molecule has 0 spiro atoms. The van der Waals surface area contributed by atoms with Gasteiger partial charge in [-0.15, -0.1) is 6.58 Å². The van der Waals surface area contributed by atoms with E-state index in [9.17, 15) is 0 Å². The van der Waals surface area contributed by atoms with E-state index in [2.05, 4.69) is 24.9 Å². The Labute approximate surface area is 107 Å². The van der Waals surface area contributed by atoms with E-state index in [1.165, 1.54) is 44.9 Å². The molecule has 0 aliphatic heterocycles. The molecular weight excluding hydrogens is 206 g/mol. The van der Waals surface area contributed by atoms with Crippen LogP contribution in [0.1, 0.15) is 58.3 Å². The third-order valence-corrected chi connectivity index (χ3v) is 4.93. The van der Waals surface area contributed by atoms with Crippen LogP contribution >= 0.6 is 0 Å². The van der Waals surface area contributed by atoms with Crippen molar-refractivity contribution in [2.75, 3.05) is 6.54 Å². The summed E-state index contributed by atoms with van der Waals surface area (Å²) in [6.45, 7) is 7.18. The van der Waals surface area contributed by atoms with Crippen LogP contribution in [0.4, 0.5) is 0 Å². The molecule has 2 bridgehead atoms. The molecule has 2 fully saturated rings. The fraction of sp³-hybridized carbons (Fsp3) is 0.875. The first-order valence-electron chi connectivity index (χ1n) is 7.67. The first-order chi connectivity index (χ1) is 8.33. The molecule has 4 unspecified atom stereocenters. The summed E-state index contributed by atoms with van der Waals surface area (Å²) in [6.07, 6.45) is 13.5. The lowest BCUT2D eigenvalue weighted by Crippen LogP contribution is -2.32. The second-order valence-electron chi connectivity index (χ2n) is 6.14. The topological polar surface area (TPSA) is 12.0 Å². The average Bonchev–Trinajstić information content (AvgIpc) is 2.91. The number of nitrogens with one attached hydrogen (secondary N) is 1. The first kappa shape index (κ1) is 13.1. The Kier molecular flexibility index (Phi) is 5.09. The normalized spacial score (nSPS) is 32.9. The molecule has 0 aromatic heterocycles. The summed E-state index contributed by atoms with van der Waals surface area (Å²) in [6, 6.07) is 0.768. The maximum atomic E-state index is 3.82. The predicted octanol–water partition coefficient (Wildman–Crippen LogP) is 4.15. The van der Waals surface area contributed by atoms with Crippen molar-refractivity contribution in [2.45, 2.75) is 64.3 Å². The number of hydrogen-bond acceptors (Lipinski definition) is 1. The van der Waals surface area contributed by atoms with Gasteiger partial charge in [-0.05, 0) is 69.2 Å². The molecule has 2 aliphatic rings. The lowest BCUT2D eigenvalue weighted by Gasteiger charge is -2.27. The summed E-state index contributed by atoms with van der Waals surface area (Å²) in [5.74, 6) is 3.22. The summed E-state index contributed by atoms with van der Waals surface area (Å²) in [7, 11) is 0. The van der Waals surface area contributed by atoms with Crippen molar-refractivity contribution in [1.29, 1.82) is 0 Å². The van der Waals surface area contributed by atoms with E-state index in [0.29, 0.717) is 0 Å². The molecule has 1 N–H and O–H groups in total. The highest BCUT2D eigenvalue weighted by atomic mass is 14.9. The molecule has 1 nitrogen and oxygen atoms in total. The minimum Gasteiger partial charge on any atom is -0.314 e. The highest BCUT2D eigenvalue weighted by molar-refractivity contribution is 4.91. The van der Waals surface area contributed by atoms with Crippen LogP contribution in [0.15, 0.2) is 12.7 Å². The monoisotopic (exact) mass is 235 g/mol. The molecule has 2 rings (SSSR count). The average molecular weight is 235 g/mol. The minimum atomic E-state index is 0.768. The molecule has 0 saturated heterocycles. The molecule has 0 aromatic rings. The Morgan fingerprint density at radius 2 is 2.24 bits per heavy atom. The molecule has 2 saturated carbocycles. The van der Waals surface area contributed by atoms with Crippen molar-refractivity contribution in [1.82, 2.24) is 5.32 Å². The molecule has 0 radical (unpaired) electrons. The van der Waals surface area contributed by atoms with Crippen molar-refractivity contribution in [3.8, 4) is 0 Å². The van der Waals surface area contributed by atoms with Gasteiger partial charge in [0.2, 0.25) is 0 Å². The van der Waals surface area contributed by atoms with Gasteiger partial charge >= 0.3 is 0 Å². The molecular formula is C16H29N. The van der Waals surface area contributed by atoms with Gasteiger partial charge in [-0.2, -0.15) is 0 Å². The van der Waals surface area contributed by atoms with E-state index >= 15 is 0 Å². The zero-order chi connectivity index (χ0) is 12.1. The first-order valence-corrected chi connectivity index (χ1v) is 7.67. The standard InChI is InChI=1S/C16H29N/c1-3-5-6-7-16(17-4-2)12-15-11-13-8-9-14(15)10-13/h3,13-17H,1,4-12H2,2H3. The van der Waals surface area contributed by atoms with Crippen molar-refractivity contribution in [3.63, 3.8) is 0 Å². The van der Waals surface area contributed by atoms with Crippen molar-refractivity contribution in [2.24, 2.45) is 17.8 Å². The lowest BCUT2D eigenvalue weighted by atomic mass is 9.83. The molecule has 0 aromatic carbocycles. The van der Waals surface area contributed by atoms with Crippen LogP contribution in [-0.2, 0) is 0 Å². The van der Waals surface area contributed by atoms with Crippen LogP contribution in [0.2, 0.25) is 0 Å². The van der Waals surface area contributed by atoms with Crippen molar-refractivity contribution in [3.05, 3.63) is 12.7 Å². The van der Waals surface area contributed by atoms with Crippen LogP contribution in [0.3, 0.4) is 0 Å². The lowest BCUT2D eigenvalue weighted by molar-refractivity contribution is 0.271. The molecule has 17 heavy (non-hydrogen) atoms. The predicted molar refractivity (Wildman–Crippen MR) is 75.1 cm³/mol. The van der Waals surface area contributed by atoms with Gasteiger partial charge in [0.05, 0.1) is 0 Å². The van der Waals surface area contributed by atoms with E-state index in [1.807, 2.05) is 0 Å². The van der Waals surface area contributed by atoms with Gasteiger partial charge in [0.1, 0.15) is 0 Å². The maximum absolute atomic E-state index is 3.82. The third-order valence-electron chi connectivity index (χ3n) is 4.93. The molecule has 4 atom stereocenters. The van der Waals surface area contributed by atoms with Crippen molar-refractivity contribution >= 4 is 0 Å². The van der Waals surface area contributed by atoms with Gasteiger partial charge in [0.25, 0.3) is 0 Å². The molecule has 0 heterocycles. The fourth-order valence-electron chi connectivity index (χ4n) is 4.13. The summed E-state index contributed by atoms with van der Waals surface area (Å²) >= 11 is 0. The Bertz CT molecular complexity index is 236. The largest absolute Gasteiger partial charge is 0.314 e. The highest BCUT2D eigenvalue weighted by Gasteiger charge is 2.39. The molecule has 1 heteroatoms. The number of allylic oxidation sites excluding steroid dienone is 1. The van der Waals surface area contributed by atoms with Gasteiger partial charge in [-0.25, -0.2) is 0 Å². The van der Waals surface area contributed by atoms with E-state index in [-0.39, 0.29) is 0 Å². The van der Waals surface area contributed by atoms with E-state index in [1.54, 1.807) is 6.42 Å². The van der Waals surface area contributed by atoms with Crippen LogP contribution < -0.4 is 5.32 Å². The van der Waals surface area contributed by atoms with Crippen LogP contribution in [0.5, 0.6) is 0 Å². The zero-order valence-corrected chi connectivity index (χ0v) is 11.5.